The molecule has 3 rings (SSSR count). The minimum absolute atomic E-state index is 0.124. The van der Waals surface area contributed by atoms with Crippen LogP contribution in [0.15, 0.2) is 48.7 Å². The second-order valence-corrected chi connectivity index (χ2v) is 5.04. The van der Waals surface area contributed by atoms with Crippen LogP contribution in [0.3, 0.4) is 0 Å². The Kier molecular flexibility index (Phi) is 3.72. The van der Waals surface area contributed by atoms with Gasteiger partial charge in [-0.25, -0.2) is 0 Å². The van der Waals surface area contributed by atoms with E-state index in [2.05, 4.69) is 10.3 Å². The van der Waals surface area contributed by atoms with E-state index in [0.29, 0.717) is 11.1 Å². The van der Waals surface area contributed by atoms with Gasteiger partial charge in [0.25, 0.3) is 5.91 Å². The number of amides is 1. The molecule has 0 aliphatic heterocycles. The molecule has 0 unspecified atom stereocenters. The number of hydrogen-bond acceptors (Lipinski definition) is 5. The topological polar surface area (TPSA) is 103 Å². The lowest BCUT2D eigenvalue weighted by Gasteiger charge is -2.09. The predicted molar refractivity (Wildman–Crippen MR) is 84.3 cm³/mol. The Morgan fingerprint density at radius 1 is 1.04 bits per heavy atom. The average molecular weight is 310 g/mol. The van der Waals surface area contributed by atoms with Crippen molar-refractivity contribution in [2.24, 2.45) is 0 Å². The quantitative estimate of drug-likeness (QED) is 0.556. The lowest BCUT2D eigenvalue weighted by atomic mass is 10.1. The molecule has 2 aromatic carbocycles. The molecule has 0 radical (unpaired) electrons. The van der Waals surface area contributed by atoms with Crippen LogP contribution in [0.5, 0.6) is 17.2 Å². The first-order valence-electron chi connectivity index (χ1n) is 6.92. The molecule has 0 atom stereocenters. The van der Waals surface area contributed by atoms with Gasteiger partial charge >= 0.3 is 0 Å². The third kappa shape index (κ3) is 2.87. The van der Waals surface area contributed by atoms with Gasteiger partial charge in [-0.1, -0.05) is 18.2 Å². The lowest BCUT2D eigenvalue weighted by molar-refractivity contribution is 0.0948. The van der Waals surface area contributed by atoms with Crippen LogP contribution >= 0.6 is 0 Å². The van der Waals surface area contributed by atoms with Gasteiger partial charge < -0.3 is 20.6 Å². The van der Waals surface area contributed by atoms with Crippen molar-refractivity contribution < 1.29 is 20.1 Å². The molecule has 116 valence electrons. The van der Waals surface area contributed by atoms with E-state index < -0.39 is 5.91 Å². The molecule has 0 saturated carbocycles. The third-order valence-corrected chi connectivity index (χ3v) is 3.49. The van der Waals surface area contributed by atoms with Gasteiger partial charge in [0.05, 0.1) is 5.56 Å². The van der Waals surface area contributed by atoms with Gasteiger partial charge in [0.15, 0.2) is 17.2 Å². The Bertz CT molecular complexity index is 893. The first-order chi connectivity index (χ1) is 11.1. The van der Waals surface area contributed by atoms with Crippen molar-refractivity contribution in [3.05, 3.63) is 59.8 Å². The van der Waals surface area contributed by atoms with E-state index >= 15 is 0 Å². The summed E-state index contributed by atoms with van der Waals surface area (Å²) < 4.78 is 0. The van der Waals surface area contributed by atoms with E-state index in [1.54, 1.807) is 30.5 Å². The summed E-state index contributed by atoms with van der Waals surface area (Å²) in [4.78, 5) is 16.3. The number of rotatable bonds is 3. The van der Waals surface area contributed by atoms with E-state index in [4.69, 9.17) is 0 Å². The smallest absolute Gasteiger partial charge is 0.255 e. The SMILES string of the molecule is O=C(NCc1ccc(O)c(O)c1)c1ccc2cccnc2c1O. The minimum Gasteiger partial charge on any atom is -0.505 e. The molecule has 0 saturated heterocycles. The number of fused-ring (bicyclic) bond motifs is 1. The zero-order valence-electron chi connectivity index (χ0n) is 12.0. The number of carbonyl (C=O) groups excluding carboxylic acids is 1. The maximum Gasteiger partial charge on any atom is 0.255 e. The molecule has 0 bridgehead atoms. The zero-order valence-corrected chi connectivity index (χ0v) is 12.0. The highest BCUT2D eigenvalue weighted by Gasteiger charge is 2.14. The number of benzene rings is 2. The van der Waals surface area contributed by atoms with Gasteiger partial charge in [0.1, 0.15) is 5.52 Å². The molecular weight excluding hydrogens is 296 g/mol. The molecule has 0 fully saturated rings. The largest absolute Gasteiger partial charge is 0.505 e. The molecule has 23 heavy (non-hydrogen) atoms. The number of aromatic nitrogens is 1. The van der Waals surface area contributed by atoms with Crippen LogP contribution in [0, 0.1) is 0 Å². The fourth-order valence-corrected chi connectivity index (χ4v) is 2.27. The van der Waals surface area contributed by atoms with Crippen LogP contribution in [0.25, 0.3) is 10.9 Å². The van der Waals surface area contributed by atoms with Crippen molar-refractivity contribution in [1.82, 2.24) is 10.3 Å². The average Bonchev–Trinajstić information content (AvgIpc) is 2.56. The Balaban J connectivity index is 1.80. The molecule has 6 heteroatoms. The second-order valence-electron chi connectivity index (χ2n) is 5.04. The van der Waals surface area contributed by atoms with Gasteiger partial charge in [-0.3, -0.25) is 9.78 Å². The Hall–Kier alpha value is -3.28. The van der Waals surface area contributed by atoms with Crippen molar-refractivity contribution in [3.8, 4) is 17.2 Å². The van der Waals surface area contributed by atoms with Crippen LogP contribution < -0.4 is 5.32 Å². The monoisotopic (exact) mass is 310 g/mol. The van der Waals surface area contributed by atoms with Crippen molar-refractivity contribution in [1.29, 1.82) is 0 Å². The molecule has 6 nitrogen and oxygen atoms in total. The summed E-state index contributed by atoms with van der Waals surface area (Å²) in [6.07, 6.45) is 1.54. The summed E-state index contributed by atoms with van der Waals surface area (Å²) in [6.45, 7) is 0.145. The molecule has 1 aromatic heterocycles. The van der Waals surface area contributed by atoms with Crippen molar-refractivity contribution in [2.75, 3.05) is 0 Å². The predicted octanol–water partition coefficient (Wildman–Crippen LogP) is 2.28. The fourth-order valence-electron chi connectivity index (χ4n) is 2.27. The minimum atomic E-state index is -0.456. The number of phenolic OH excluding ortho intramolecular Hbond substituents is 3. The zero-order chi connectivity index (χ0) is 16.4. The van der Waals surface area contributed by atoms with E-state index in [0.717, 1.165) is 5.39 Å². The van der Waals surface area contributed by atoms with Gasteiger partial charge in [0.2, 0.25) is 0 Å². The summed E-state index contributed by atoms with van der Waals surface area (Å²) in [7, 11) is 0. The first-order valence-corrected chi connectivity index (χ1v) is 6.92. The summed E-state index contributed by atoms with van der Waals surface area (Å²) in [5.74, 6) is -1.11. The molecule has 4 N–H and O–H groups in total. The van der Waals surface area contributed by atoms with Gasteiger partial charge in [-0.05, 0) is 29.8 Å². The normalized spacial score (nSPS) is 10.6. The number of nitrogens with zero attached hydrogens (tertiary/aromatic N) is 1. The number of phenols is 3. The Morgan fingerprint density at radius 2 is 1.87 bits per heavy atom. The van der Waals surface area contributed by atoms with Crippen LogP contribution in [-0.4, -0.2) is 26.2 Å². The summed E-state index contributed by atoms with van der Waals surface area (Å²) in [5.41, 5.74) is 1.11. The van der Waals surface area contributed by atoms with Crippen LogP contribution in [0.2, 0.25) is 0 Å². The van der Waals surface area contributed by atoms with E-state index in [1.807, 2.05) is 0 Å². The van der Waals surface area contributed by atoms with Gasteiger partial charge in [-0.15, -0.1) is 0 Å². The first kappa shape index (κ1) is 14.6. The molecular formula is C17H14N2O4. The van der Waals surface area contributed by atoms with Gasteiger partial charge in [0, 0.05) is 18.1 Å². The number of aromatic hydroxyl groups is 3. The van der Waals surface area contributed by atoms with Crippen molar-refractivity contribution in [2.45, 2.75) is 6.54 Å². The number of carbonyl (C=O) groups is 1. The fraction of sp³-hybridized carbons (Fsp3) is 0.0588. The number of pyridine rings is 1. The molecule has 0 aliphatic rings. The Morgan fingerprint density at radius 3 is 2.65 bits per heavy atom. The van der Waals surface area contributed by atoms with Crippen LogP contribution in [-0.2, 0) is 6.54 Å². The molecule has 1 amide bonds. The van der Waals surface area contributed by atoms with E-state index in [-0.39, 0.29) is 29.4 Å². The maximum atomic E-state index is 12.2. The highest BCUT2D eigenvalue weighted by molar-refractivity contribution is 6.02. The third-order valence-electron chi connectivity index (χ3n) is 3.49. The van der Waals surface area contributed by atoms with E-state index in [9.17, 15) is 20.1 Å². The summed E-state index contributed by atoms with van der Waals surface area (Å²) >= 11 is 0. The van der Waals surface area contributed by atoms with E-state index in [1.165, 1.54) is 18.2 Å². The maximum absolute atomic E-state index is 12.2. The Labute approximate surface area is 131 Å². The molecule has 0 spiro atoms. The highest BCUT2D eigenvalue weighted by Crippen LogP contribution is 2.27. The molecule has 3 aromatic rings. The number of hydrogen-bond donors (Lipinski definition) is 4. The molecule has 1 heterocycles. The highest BCUT2D eigenvalue weighted by atomic mass is 16.3. The molecule has 0 aliphatic carbocycles. The van der Waals surface area contributed by atoms with Crippen molar-refractivity contribution >= 4 is 16.8 Å². The van der Waals surface area contributed by atoms with Crippen LogP contribution in [0.1, 0.15) is 15.9 Å². The van der Waals surface area contributed by atoms with Crippen molar-refractivity contribution in [3.63, 3.8) is 0 Å². The lowest BCUT2D eigenvalue weighted by Crippen LogP contribution is -2.22. The standard InChI is InChI=1S/C17H14N2O4/c20-13-6-3-10(8-14(13)21)9-19-17(23)12-5-4-11-2-1-7-18-15(11)16(12)22/h1-8,20-22H,9H2,(H,19,23). The van der Waals surface area contributed by atoms with Gasteiger partial charge in [-0.2, -0.15) is 0 Å². The van der Waals surface area contributed by atoms with Crippen LogP contribution in [0.4, 0.5) is 0 Å². The second kappa shape index (κ2) is 5.84. The number of nitrogens with one attached hydrogen (secondary N) is 1. The summed E-state index contributed by atoms with van der Waals surface area (Å²) in [6, 6.07) is 11.1. The summed E-state index contributed by atoms with van der Waals surface area (Å²) in [5, 5.41) is 32.3.